The molecule has 0 amide bonds. The van der Waals surface area contributed by atoms with Crippen LogP contribution in [0.5, 0.6) is 5.75 Å². The molecule has 0 aliphatic heterocycles. The third-order valence-corrected chi connectivity index (χ3v) is 3.05. The number of nitrogens with zero attached hydrogens (tertiary/aromatic N) is 1. The van der Waals surface area contributed by atoms with Gasteiger partial charge < -0.3 is 4.74 Å². The molecule has 0 radical (unpaired) electrons. The van der Waals surface area contributed by atoms with E-state index in [1.54, 1.807) is 18.4 Å². The van der Waals surface area contributed by atoms with Crippen LogP contribution in [0, 0.1) is 12.7 Å². The fourth-order valence-corrected chi connectivity index (χ4v) is 2.04. The normalized spacial score (nSPS) is 10.3. The summed E-state index contributed by atoms with van der Waals surface area (Å²) >= 11 is 1.36. The second-order valence-corrected chi connectivity index (χ2v) is 4.46. The number of ketones is 1. The maximum atomic E-state index is 13.8. The summed E-state index contributed by atoms with van der Waals surface area (Å²) in [6.45, 7) is 1.80. The molecule has 88 valence electrons. The highest BCUT2D eigenvalue weighted by Crippen LogP contribution is 2.22. The van der Waals surface area contributed by atoms with Crippen molar-refractivity contribution >= 4 is 17.1 Å². The smallest absolute Gasteiger partial charge is 0.215 e. The van der Waals surface area contributed by atoms with Gasteiger partial charge in [-0.15, -0.1) is 11.3 Å². The summed E-state index contributed by atoms with van der Waals surface area (Å²) in [7, 11) is 1.36. The van der Waals surface area contributed by atoms with Crippen molar-refractivity contribution in [2.75, 3.05) is 7.11 Å². The van der Waals surface area contributed by atoms with Crippen LogP contribution in [0.2, 0.25) is 0 Å². The van der Waals surface area contributed by atoms with E-state index >= 15 is 0 Å². The number of benzene rings is 1. The zero-order valence-corrected chi connectivity index (χ0v) is 10.2. The van der Waals surface area contributed by atoms with E-state index in [-0.39, 0.29) is 17.0 Å². The molecule has 0 aliphatic carbocycles. The first-order valence-electron chi connectivity index (χ1n) is 4.93. The average Bonchev–Trinajstić information content (AvgIpc) is 2.75. The minimum atomic E-state index is -0.648. The summed E-state index contributed by atoms with van der Waals surface area (Å²) in [6, 6.07) is 4.47. The Hall–Kier alpha value is -1.75. The van der Waals surface area contributed by atoms with Gasteiger partial charge in [-0.25, -0.2) is 9.37 Å². The Bertz CT molecular complexity index is 565. The molecule has 0 saturated carbocycles. The molecule has 17 heavy (non-hydrogen) atoms. The molecule has 0 N–H and O–H groups in total. The van der Waals surface area contributed by atoms with Gasteiger partial charge in [0, 0.05) is 5.38 Å². The third kappa shape index (κ3) is 2.19. The lowest BCUT2D eigenvalue weighted by Gasteiger charge is -2.04. The second kappa shape index (κ2) is 4.63. The van der Waals surface area contributed by atoms with E-state index in [0.29, 0.717) is 0 Å². The molecule has 1 heterocycles. The monoisotopic (exact) mass is 251 g/mol. The Kier molecular flexibility index (Phi) is 3.19. The number of carbonyl (C=O) groups is 1. The van der Waals surface area contributed by atoms with Crippen LogP contribution in [0.25, 0.3) is 0 Å². The average molecular weight is 251 g/mol. The number of thiazole rings is 1. The van der Waals surface area contributed by atoms with Crippen molar-refractivity contribution in [2.24, 2.45) is 0 Å². The van der Waals surface area contributed by atoms with Crippen molar-refractivity contribution in [3.63, 3.8) is 0 Å². The fourth-order valence-electron chi connectivity index (χ4n) is 1.45. The Balaban J connectivity index is 2.44. The highest BCUT2D eigenvalue weighted by atomic mass is 32.1. The Morgan fingerprint density at radius 1 is 1.47 bits per heavy atom. The topological polar surface area (TPSA) is 39.2 Å². The number of aryl methyl sites for hydroxylation is 1. The summed E-state index contributed by atoms with van der Waals surface area (Å²) in [5.41, 5.74) is 0.245. The number of aromatic nitrogens is 1. The lowest BCUT2D eigenvalue weighted by Crippen LogP contribution is -2.06. The number of methoxy groups -OCH3 is 1. The highest BCUT2D eigenvalue weighted by Gasteiger charge is 2.18. The summed E-state index contributed by atoms with van der Waals surface area (Å²) in [5, 5.41) is 2.40. The molecule has 0 aliphatic rings. The molecular weight excluding hydrogens is 241 g/mol. The van der Waals surface area contributed by atoms with E-state index < -0.39 is 11.6 Å². The molecule has 1 aromatic heterocycles. The molecule has 2 rings (SSSR count). The number of hydrogen-bond acceptors (Lipinski definition) is 4. The number of carbonyl (C=O) groups excluding carboxylic acids is 1. The molecule has 0 atom stereocenters. The Morgan fingerprint density at radius 3 is 2.82 bits per heavy atom. The number of halogens is 1. The van der Waals surface area contributed by atoms with Gasteiger partial charge in [0.2, 0.25) is 5.78 Å². The number of ether oxygens (including phenoxy) is 1. The van der Waals surface area contributed by atoms with Crippen LogP contribution in [0.3, 0.4) is 0 Å². The zero-order valence-electron chi connectivity index (χ0n) is 9.36. The van der Waals surface area contributed by atoms with Crippen molar-refractivity contribution < 1.29 is 13.9 Å². The molecular formula is C12H10FNO2S. The first-order chi connectivity index (χ1) is 8.13. The van der Waals surface area contributed by atoms with Gasteiger partial charge in [-0.1, -0.05) is 6.07 Å². The van der Waals surface area contributed by atoms with Gasteiger partial charge in [-0.3, -0.25) is 4.79 Å². The molecule has 0 fully saturated rings. The molecule has 0 spiro atoms. The summed E-state index contributed by atoms with van der Waals surface area (Å²) in [5.74, 6) is -1.01. The minimum absolute atomic E-state index is 0.0188. The van der Waals surface area contributed by atoms with Crippen molar-refractivity contribution in [2.45, 2.75) is 6.92 Å². The standard InChI is InChI=1S/C12H10FNO2S/c1-7-14-9(6-17-7)12(15)8-4-3-5-10(16-2)11(8)13/h3-6H,1-2H3. The summed E-state index contributed by atoms with van der Waals surface area (Å²) in [4.78, 5) is 16.0. The van der Waals surface area contributed by atoms with Crippen LogP contribution >= 0.6 is 11.3 Å². The lowest BCUT2D eigenvalue weighted by molar-refractivity contribution is 0.103. The van der Waals surface area contributed by atoms with Gasteiger partial charge in [0.05, 0.1) is 17.7 Å². The van der Waals surface area contributed by atoms with Gasteiger partial charge in [0.15, 0.2) is 11.6 Å². The predicted molar refractivity (Wildman–Crippen MR) is 63.2 cm³/mol. The minimum Gasteiger partial charge on any atom is -0.494 e. The van der Waals surface area contributed by atoms with Crippen LogP contribution in [-0.4, -0.2) is 17.9 Å². The Morgan fingerprint density at radius 2 is 2.24 bits per heavy atom. The van der Waals surface area contributed by atoms with E-state index in [2.05, 4.69) is 4.98 Å². The quantitative estimate of drug-likeness (QED) is 0.787. The molecule has 3 nitrogen and oxygen atoms in total. The zero-order chi connectivity index (χ0) is 12.4. The van der Waals surface area contributed by atoms with Crippen LogP contribution in [0.15, 0.2) is 23.6 Å². The molecule has 5 heteroatoms. The van der Waals surface area contributed by atoms with Gasteiger partial charge in [-0.2, -0.15) is 0 Å². The SMILES string of the molecule is COc1cccc(C(=O)c2csc(C)n2)c1F. The molecule has 0 bridgehead atoms. The van der Waals surface area contributed by atoms with E-state index in [4.69, 9.17) is 4.74 Å². The Labute approximate surface area is 102 Å². The van der Waals surface area contributed by atoms with E-state index in [1.807, 2.05) is 0 Å². The first kappa shape index (κ1) is 11.7. The van der Waals surface area contributed by atoms with Crippen LogP contribution in [0.1, 0.15) is 21.1 Å². The molecule has 1 aromatic carbocycles. The van der Waals surface area contributed by atoms with E-state index in [9.17, 15) is 9.18 Å². The predicted octanol–water partition coefficient (Wildman–Crippen LogP) is 2.83. The van der Waals surface area contributed by atoms with E-state index in [1.165, 1.54) is 30.6 Å². The van der Waals surface area contributed by atoms with Crippen molar-refractivity contribution in [1.29, 1.82) is 0 Å². The van der Waals surface area contributed by atoms with Gasteiger partial charge in [0.1, 0.15) is 5.69 Å². The highest BCUT2D eigenvalue weighted by molar-refractivity contribution is 7.09. The maximum Gasteiger partial charge on any atom is 0.215 e. The van der Waals surface area contributed by atoms with Crippen molar-refractivity contribution in [3.05, 3.63) is 45.7 Å². The summed E-state index contributed by atoms with van der Waals surface area (Å²) < 4.78 is 18.7. The molecule has 0 unspecified atom stereocenters. The van der Waals surface area contributed by atoms with Gasteiger partial charge in [-0.05, 0) is 19.1 Å². The maximum absolute atomic E-state index is 13.8. The second-order valence-electron chi connectivity index (χ2n) is 3.40. The molecule has 0 saturated heterocycles. The van der Waals surface area contributed by atoms with Crippen LogP contribution < -0.4 is 4.74 Å². The van der Waals surface area contributed by atoms with Crippen LogP contribution in [-0.2, 0) is 0 Å². The van der Waals surface area contributed by atoms with Gasteiger partial charge >= 0.3 is 0 Å². The van der Waals surface area contributed by atoms with Crippen molar-refractivity contribution in [1.82, 2.24) is 4.98 Å². The van der Waals surface area contributed by atoms with Crippen LogP contribution in [0.4, 0.5) is 4.39 Å². The third-order valence-electron chi connectivity index (χ3n) is 2.28. The first-order valence-corrected chi connectivity index (χ1v) is 5.80. The lowest BCUT2D eigenvalue weighted by atomic mass is 10.1. The van der Waals surface area contributed by atoms with E-state index in [0.717, 1.165) is 5.01 Å². The summed E-state index contributed by atoms with van der Waals surface area (Å²) in [6.07, 6.45) is 0. The van der Waals surface area contributed by atoms with Gasteiger partial charge in [0.25, 0.3) is 0 Å². The number of rotatable bonds is 3. The number of hydrogen-bond donors (Lipinski definition) is 0. The van der Waals surface area contributed by atoms with Crippen molar-refractivity contribution in [3.8, 4) is 5.75 Å². The fraction of sp³-hybridized carbons (Fsp3) is 0.167. The molecule has 2 aromatic rings. The largest absolute Gasteiger partial charge is 0.494 e.